The Labute approximate surface area is 479 Å². The van der Waals surface area contributed by atoms with Gasteiger partial charge in [-0.2, -0.15) is 0 Å². The normalized spacial score (nSPS) is 13.6. The van der Waals surface area contributed by atoms with E-state index in [9.17, 15) is 0 Å². The van der Waals surface area contributed by atoms with Gasteiger partial charge in [0.15, 0.2) is 11.5 Å². The fraction of sp³-hybridized carbons (Fsp3) is 0.0256. The molecule has 0 saturated heterocycles. The molecule has 0 spiro atoms. The fourth-order valence-corrected chi connectivity index (χ4v) is 15.5. The van der Waals surface area contributed by atoms with Gasteiger partial charge in [-0.3, -0.25) is 4.40 Å². The number of aromatic nitrogens is 3. The minimum absolute atomic E-state index is 0.492. The summed E-state index contributed by atoms with van der Waals surface area (Å²) in [6.07, 6.45) is 2.09. The van der Waals surface area contributed by atoms with Gasteiger partial charge in [-0.05, 0) is 142 Å². The second-order valence-electron chi connectivity index (χ2n) is 22.0. The Hall–Kier alpha value is -10.3. The van der Waals surface area contributed by atoms with Gasteiger partial charge < -0.3 is 0 Å². The largest absolute Gasteiger partial charge is 0.282 e. The highest BCUT2D eigenvalue weighted by molar-refractivity contribution is 7.26. The minimum atomic E-state index is -0.523. The van der Waals surface area contributed by atoms with Crippen molar-refractivity contribution in [1.29, 1.82) is 0 Å². The van der Waals surface area contributed by atoms with Crippen molar-refractivity contribution in [3.63, 3.8) is 0 Å². The first kappa shape index (κ1) is 46.6. The molecule has 0 bridgehead atoms. The summed E-state index contributed by atoms with van der Waals surface area (Å²) in [5, 5.41) is 14.2. The zero-order chi connectivity index (χ0) is 53.9. The highest BCUT2D eigenvalue weighted by Crippen LogP contribution is 2.59. The number of hydrogen-bond donors (Lipinski definition) is 0. The Kier molecular flexibility index (Phi) is 10.3. The molecule has 2 aliphatic carbocycles. The van der Waals surface area contributed by atoms with Crippen LogP contribution in [0.4, 0.5) is 0 Å². The van der Waals surface area contributed by atoms with Crippen LogP contribution in [0.3, 0.4) is 0 Å². The number of benzene rings is 12. The van der Waals surface area contributed by atoms with Gasteiger partial charge >= 0.3 is 0 Å². The zero-order valence-corrected chi connectivity index (χ0v) is 45.4. The molecule has 3 heterocycles. The molecule has 82 heavy (non-hydrogen) atoms. The second-order valence-corrected chi connectivity index (χ2v) is 23.0. The van der Waals surface area contributed by atoms with Gasteiger partial charge in [0.1, 0.15) is 0 Å². The van der Waals surface area contributed by atoms with Crippen molar-refractivity contribution in [3.8, 4) is 67.0 Å². The van der Waals surface area contributed by atoms with Crippen LogP contribution in [0.5, 0.6) is 0 Å². The number of thiophene rings is 1. The van der Waals surface area contributed by atoms with Crippen LogP contribution in [0.25, 0.3) is 104 Å². The Morgan fingerprint density at radius 2 is 0.744 bits per heavy atom. The maximum Gasteiger partial charge on any atom is 0.168 e. The summed E-state index contributed by atoms with van der Waals surface area (Å²) in [5.41, 5.74) is 23.3. The first-order valence-electron chi connectivity index (χ1n) is 28.2. The first-order valence-corrected chi connectivity index (χ1v) is 29.0. The molecule has 0 amide bonds. The average molecular weight is 1060 g/mol. The summed E-state index contributed by atoms with van der Waals surface area (Å²) >= 11 is 1.88. The van der Waals surface area contributed by atoms with E-state index in [1.807, 2.05) is 11.3 Å². The van der Waals surface area contributed by atoms with Crippen LogP contribution in [0, 0.1) is 0 Å². The number of rotatable bonds is 8. The molecule has 12 aromatic carbocycles. The molecular formula is C78H49N3S. The maximum atomic E-state index is 4.77. The summed E-state index contributed by atoms with van der Waals surface area (Å²) in [5.74, 6) is 0.820. The molecule has 4 heteroatoms. The predicted octanol–water partition coefficient (Wildman–Crippen LogP) is 19.6. The van der Waals surface area contributed by atoms with Crippen molar-refractivity contribution in [2.45, 2.75) is 10.8 Å². The van der Waals surface area contributed by atoms with Gasteiger partial charge in [-0.25, -0.2) is 0 Å². The lowest BCUT2D eigenvalue weighted by Crippen LogP contribution is -2.28. The molecule has 15 aromatic rings. The van der Waals surface area contributed by atoms with E-state index in [-0.39, 0.29) is 0 Å². The van der Waals surface area contributed by atoms with Crippen molar-refractivity contribution < 1.29 is 0 Å². The summed E-state index contributed by atoms with van der Waals surface area (Å²) in [4.78, 5) is 0. The van der Waals surface area contributed by atoms with Crippen molar-refractivity contribution in [2.75, 3.05) is 0 Å². The lowest BCUT2D eigenvalue weighted by atomic mass is 9.67. The second kappa shape index (κ2) is 18.1. The van der Waals surface area contributed by atoms with Crippen LogP contribution in [0.15, 0.2) is 297 Å². The molecule has 0 atom stereocenters. The molecule has 0 saturated carbocycles. The summed E-state index contributed by atoms with van der Waals surface area (Å²) in [7, 11) is 0. The van der Waals surface area contributed by atoms with E-state index in [4.69, 9.17) is 10.2 Å². The van der Waals surface area contributed by atoms with Crippen LogP contribution in [-0.2, 0) is 10.8 Å². The molecule has 17 rings (SSSR count). The first-order chi connectivity index (χ1) is 40.6. The molecule has 2 aliphatic rings. The number of nitrogens with zero attached hydrogens (tertiary/aromatic N) is 3. The van der Waals surface area contributed by atoms with Gasteiger partial charge in [0.25, 0.3) is 0 Å². The molecule has 0 radical (unpaired) electrons. The number of hydrogen-bond acceptors (Lipinski definition) is 3. The van der Waals surface area contributed by atoms with Gasteiger partial charge in [-0.1, -0.05) is 249 Å². The molecule has 0 unspecified atom stereocenters. The summed E-state index contributed by atoms with van der Waals surface area (Å²) < 4.78 is 4.63. The van der Waals surface area contributed by atoms with Gasteiger partial charge in [-0.15, -0.1) is 21.5 Å². The zero-order valence-electron chi connectivity index (χ0n) is 44.5. The maximum absolute atomic E-state index is 4.77. The number of fused-ring (bicyclic) bond motifs is 12. The smallest absolute Gasteiger partial charge is 0.168 e. The molecule has 0 fully saturated rings. The third kappa shape index (κ3) is 6.70. The highest BCUT2D eigenvalue weighted by Gasteiger charge is 2.47. The van der Waals surface area contributed by atoms with Gasteiger partial charge in [0.2, 0.25) is 0 Å². The van der Waals surface area contributed by atoms with E-state index in [0.29, 0.717) is 0 Å². The SMILES string of the molecule is c1ccc(C2(c3ccccc3)c3ccccc3-c3ccc(-c4ccc5sc6c(-c7ccc(-c8nnc9c%10ccccc%10ccn89)cc7)cc(-c7ccc8c(c7)C(c7ccccc7)(c7ccccc7)c7ccccc7-8)cc6c5c4)cc32)cc1. The molecule has 3 nitrogen and oxygen atoms in total. The summed E-state index contributed by atoms with van der Waals surface area (Å²) in [6.45, 7) is 0. The predicted molar refractivity (Wildman–Crippen MR) is 340 cm³/mol. The average Bonchev–Trinajstić information content (AvgIpc) is 2.30. The van der Waals surface area contributed by atoms with Crippen molar-refractivity contribution >= 4 is 47.9 Å². The third-order valence-corrected chi connectivity index (χ3v) is 19.1. The van der Waals surface area contributed by atoms with E-state index in [0.717, 1.165) is 33.4 Å². The van der Waals surface area contributed by atoms with Crippen LogP contribution in [-0.4, -0.2) is 14.6 Å². The minimum Gasteiger partial charge on any atom is -0.282 e. The highest BCUT2D eigenvalue weighted by atomic mass is 32.1. The Bertz CT molecular complexity index is 4940. The monoisotopic (exact) mass is 1060 g/mol. The van der Waals surface area contributed by atoms with Gasteiger partial charge in [0.05, 0.1) is 10.8 Å². The van der Waals surface area contributed by atoms with E-state index in [2.05, 4.69) is 302 Å². The van der Waals surface area contributed by atoms with E-state index in [1.165, 1.54) is 115 Å². The van der Waals surface area contributed by atoms with Crippen molar-refractivity contribution in [2.24, 2.45) is 0 Å². The lowest BCUT2D eigenvalue weighted by molar-refractivity contribution is 0.769. The molecule has 0 aliphatic heterocycles. The molecule has 3 aromatic heterocycles. The lowest BCUT2D eigenvalue weighted by Gasteiger charge is -2.34. The Balaban J connectivity index is 0.870. The van der Waals surface area contributed by atoms with Crippen molar-refractivity contribution in [1.82, 2.24) is 14.6 Å². The fourth-order valence-electron chi connectivity index (χ4n) is 14.3. The van der Waals surface area contributed by atoms with Gasteiger partial charge in [0, 0.05) is 42.9 Å². The van der Waals surface area contributed by atoms with E-state index in [1.54, 1.807) is 0 Å². The molecular weight excluding hydrogens is 1010 g/mol. The Morgan fingerprint density at radius 3 is 1.33 bits per heavy atom. The summed E-state index contributed by atoms with van der Waals surface area (Å²) in [6, 6.07) is 108. The molecule has 382 valence electrons. The standard InChI is InChI=1S/C78H49N3S/c1-5-20-57(21-6-1)77(58-22-7-2-8-23-58)69-31-17-15-29-62(69)64-40-37-54(48-71(64)77)53-39-42-73-67(45-53)68-47-56(46-66(74(68)82-73)51-33-35-52(36-34-51)75-79-80-76-61-28-14-13-19-50(61)43-44-81(75)76)55-38-41-65-63-30-16-18-32-70(63)78(72(65)49-55,59-24-9-3-10-25-59)60-26-11-4-12-27-60/h1-49H. The van der Waals surface area contributed by atoms with E-state index >= 15 is 0 Å². The third-order valence-electron chi connectivity index (χ3n) is 17.9. The van der Waals surface area contributed by atoms with Crippen LogP contribution >= 0.6 is 11.3 Å². The van der Waals surface area contributed by atoms with Crippen LogP contribution < -0.4 is 0 Å². The quantitative estimate of drug-likeness (QED) is 0.152. The van der Waals surface area contributed by atoms with Crippen molar-refractivity contribution in [3.05, 3.63) is 342 Å². The van der Waals surface area contributed by atoms with E-state index < -0.39 is 10.8 Å². The Morgan fingerprint density at radius 1 is 0.293 bits per heavy atom. The van der Waals surface area contributed by atoms with Crippen LogP contribution in [0.2, 0.25) is 0 Å². The number of pyridine rings is 1. The molecule has 0 N–H and O–H groups in total. The van der Waals surface area contributed by atoms with Crippen LogP contribution in [0.1, 0.15) is 44.5 Å². The topological polar surface area (TPSA) is 30.2 Å².